The van der Waals surface area contributed by atoms with Crippen LogP contribution in [0, 0.1) is 5.82 Å². The van der Waals surface area contributed by atoms with E-state index in [1.807, 2.05) is 18.2 Å². The first-order chi connectivity index (χ1) is 10.1. The number of primary amides is 1. The van der Waals surface area contributed by atoms with Gasteiger partial charge in [-0.05, 0) is 41.6 Å². The maximum atomic E-state index is 13.0. The topological polar surface area (TPSA) is 69.1 Å². The predicted octanol–water partition coefficient (Wildman–Crippen LogP) is 3.29. The number of carbonyl (C=O) groups is 1. The molecule has 0 bridgehead atoms. The van der Waals surface area contributed by atoms with E-state index in [0.717, 1.165) is 11.8 Å². The SMILES string of the molecule is NC(=O)C(Sc1nc2ccccc2o1)c1ccc(F)cc1. The van der Waals surface area contributed by atoms with Gasteiger partial charge in [0, 0.05) is 0 Å². The number of benzene rings is 2. The van der Waals surface area contributed by atoms with E-state index in [9.17, 15) is 9.18 Å². The molecule has 1 amide bonds. The lowest BCUT2D eigenvalue weighted by molar-refractivity contribution is -0.117. The summed E-state index contributed by atoms with van der Waals surface area (Å²) >= 11 is 1.11. The average molecular weight is 302 g/mol. The van der Waals surface area contributed by atoms with Crippen LogP contribution in [0.15, 0.2) is 58.2 Å². The number of aromatic nitrogens is 1. The number of nitrogens with zero attached hydrogens (tertiary/aromatic N) is 1. The highest BCUT2D eigenvalue weighted by molar-refractivity contribution is 8.00. The molecule has 2 N–H and O–H groups in total. The van der Waals surface area contributed by atoms with Crippen LogP contribution in [0.2, 0.25) is 0 Å². The molecular formula is C15H11FN2O2S. The van der Waals surface area contributed by atoms with E-state index in [2.05, 4.69) is 4.98 Å². The van der Waals surface area contributed by atoms with Gasteiger partial charge < -0.3 is 10.2 Å². The van der Waals surface area contributed by atoms with Crippen LogP contribution in [-0.4, -0.2) is 10.9 Å². The Bertz CT molecular complexity index is 753. The third-order valence-electron chi connectivity index (χ3n) is 2.92. The van der Waals surface area contributed by atoms with Crippen molar-refractivity contribution in [1.82, 2.24) is 4.98 Å². The number of halogens is 1. The highest BCUT2D eigenvalue weighted by atomic mass is 32.2. The summed E-state index contributed by atoms with van der Waals surface area (Å²) in [5.41, 5.74) is 7.38. The number of hydrogen-bond donors (Lipinski definition) is 1. The molecule has 2 aromatic carbocycles. The fourth-order valence-electron chi connectivity index (χ4n) is 1.93. The predicted molar refractivity (Wildman–Crippen MR) is 78.2 cm³/mol. The second-order valence-corrected chi connectivity index (χ2v) is 5.46. The third kappa shape index (κ3) is 2.90. The summed E-state index contributed by atoms with van der Waals surface area (Å²) in [4.78, 5) is 15.9. The van der Waals surface area contributed by atoms with E-state index >= 15 is 0 Å². The van der Waals surface area contributed by atoms with E-state index in [1.54, 1.807) is 6.07 Å². The zero-order chi connectivity index (χ0) is 14.8. The number of oxazole rings is 1. The standard InChI is InChI=1S/C15H11FN2O2S/c16-10-7-5-9(6-8-10)13(14(17)19)21-15-18-11-3-1-2-4-12(11)20-15/h1-8,13H,(H2,17,19). The molecular weight excluding hydrogens is 291 g/mol. The monoisotopic (exact) mass is 302 g/mol. The molecule has 0 aliphatic carbocycles. The summed E-state index contributed by atoms with van der Waals surface area (Å²) < 4.78 is 18.5. The molecule has 4 nitrogen and oxygen atoms in total. The summed E-state index contributed by atoms with van der Waals surface area (Å²) in [6, 6.07) is 12.9. The van der Waals surface area contributed by atoms with Crippen LogP contribution in [0.5, 0.6) is 0 Å². The van der Waals surface area contributed by atoms with E-state index in [1.165, 1.54) is 24.3 Å². The lowest BCUT2D eigenvalue weighted by Gasteiger charge is -2.10. The first-order valence-electron chi connectivity index (χ1n) is 6.20. The molecule has 0 aliphatic heterocycles. The number of thioether (sulfide) groups is 1. The van der Waals surface area contributed by atoms with Crippen molar-refractivity contribution < 1.29 is 13.6 Å². The van der Waals surface area contributed by atoms with Crippen molar-refractivity contribution >= 4 is 28.8 Å². The summed E-state index contributed by atoms with van der Waals surface area (Å²) in [6.07, 6.45) is 0. The number of carbonyl (C=O) groups excluding carboxylic acids is 1. The molecule has 106 valence electrons. The Hall–Kier alpha value is -2.34. The van der Waals surface area contributed by atoms with Crippen molar-refractivity contribution in [2.45, 2.75) is 10.5 Å². The van der Waals surface area contributed by atoms with Crippen molar-refractivity contribution in [3.8, 4) is 0 Å². The van der Waals surface area contributed by atoms with Gasteiger partial charge in [0.2, 0.25) is 5.91 Å². The highest BCUT2D eigenvalue weighted by Gasteiger charge is 2.22. The lowest BCUT2D eigenvalue weighted by atomic mass is 10.1. The van der Waals surface area contributed by atoms with E-state index in [-0.39, 0.29) is 5.82 Å². The lowest BCUT2D eigenvalue weighted by Crippen LogP contribution is -2.18. The van der Waals surface area contributed by atoms with Crippen LogP contribution in [0.1, 0.15) is 10.8 Å². The molecule has 0 fully saturated rings. The van der Waals surface area contributed by atoms with E-state index < -0.39 is 11.2 Å². The molecule has 0 saturated heterocycles. The van der Waals surface area contributed by atoms with Gasteiger partial charge in [0.15, 0.2) is 5.58 Å². The Kier molecular flexibility index (Phi) is 3.62. The minimum Gasteiger partial charge on any atom is -0.431 e. The van der Waals surface area contributed by atoms with Crippen LogP contribution in [0.3, 0.4) is 0 Å². The first kappa shape index (κ1) is 13.6. The number of hydrogen-bond acceptors (Lipinski definition) is 4. The number of rotatable bonds is 4. The van der Waals surface area contributed by atoms with Crippen molar-refractivity contribution in [2.24, 2.45) is 5.73 Å². The Balaban J connectivity index is 1.91. The molecule has 0 saturated carbocycles. The largest absolute Gasteiger partial charge is 0.431 e. The minimum atomic E-state index is -0.682. The number of amides is 1. The second-order valence-electron chi connectivity index (χ2n) is 4.40. The zero-order valence-corrected chi connectivity index (χ0v) is 11.6. The quantitative estimate of drug-likeness (QED) is 0.751. The second kappa shape index (κ2) is 5.57. The fraction of sp³-hybridized carbons (Fsp3) is 0.0667. The van der Waals surface area contributed by atoms with E-state index in [4.69, 9.17) is 10.2 Å². The summed E-state index contributed by atoms with van der Waals surface area (Å²) in [6.45, 7) is 0. The van der Waals surface area contributed by atoms with Gasteiger partial charge in [-0.25, -0.2) is 9.37 Å². The van der Waals surface area contributed by atoms with Crippen LogP contribution >= 0.6 is 11.8 Å². The van der Waals surface area contributed by atoms with Crippen LogP contribution in [0.25, 0.3) is 11.1 Å². The first-order valence-corrected chi connectivity index (χ1v) is 7.08. The minimum absolute atomic E-state index is 0.351. The Morgan fingerprint density at radius 2 is 1.90 bits per heavy atom. The average Bonchev–Trinajstić information content (AvgIpc) is 2.88. The van der Waals surface area contributed by atoms with Crippen molar-refractivity contribution in [1.29, 1.82) is 0 Å². The van der Waals surface area contributed by atoms with Crippen molar-refractivity contribution in [3.63, 3.8) is 0 Å². The van der Waals surface area contributed by atoms with Crippen LogP contribution < -0.4 is 5.73 Å². The van der Waals surface area contributed by atoms with Crippen LogP contribution in [0.4, 0.5) is 4.39 Å². The molecule has 0 radical (unpaired) electrons. The van der Waals surface area contributed by atoms with Gasteiger partial charge in [-0.1, -0.05) is 24.3 Å². The number of fused-ring (bicyclic) bond motifs is 1. The summed E-state index contributed by atoms with van der Waals surface area (Å²) in [5, 5.41) is -0.331. The molecule has 1 unspecified atom stereocenters. The maximum Gasteiger partial charge on any atom is 0.257 e. The molecule has 0 aliphatic rings. The van der Waals surface area contributed by atoms with Gasteiger partial charge in [-0.2, -0.15) is 0 Å². The third-order valence-corrected chi connectivity index (χ3v) is 4.04. The normalized spacial score (nSPS) is 12.4. The molecule has 3 aromatic rings. The zero-order valence-electron chi connectivity index (χ0n) is 10.8. The Morgan fingerprint density at radius 3 is 2.57 bits per heavy atom. The van der Waals surface area contributed by atoms with Crippen molar-refractivity contribution in [2.75, 3.05) is 0 Å². The van der Waals surface area contributed by atoms with E-state index in [0.29, 0.717) is 21.9 Å². The summed E-state index contributed by atoms with van der Waals surface area (Å²) in [7, 11) is 0. The Morgan fingerprint density at radius 1 is 1.19 bits per heavy atom. The van der Waals surface area contributed by atoms with Gasteiger partial charge in [0.25, 0.3) is 5.22 Å². The molecule has 1 aromatic heterocycles. The number of para-hydroxylation sites is 2. The highest BCUT2D eigenvalue weighted by Crippen LogP contribution is 2.36. The van der Waals surface area contributed by atoms with Gasteiger partial charge in [-0.3, -0.25) is 4.79 Å². The van der Waals surface area contributed by atoms with Gasteiger partial charge >= 0.3 is 0 Å². The Labute approximate surface area is 124 Å². The maximum absolute atomic E-state index is 13.0. The fourth-order valence-corrected chi connectivity index (χ4v) is 2.83. The van der Waals surface area contributed by atoms with Crippen molar-refractivity contribution in [3.05, 3.63) is 59.9 Å². The van der Waals surface area contributed by atoms with Crippen LogP contribution in [-0.2, 0) is 4.79 Å². The molecule has 3 rings (SSSR count). The van der Waals surface area contributed by atoms with Gasteiger partial charge in [0.05, 0.1) is 0 Å². The molecule has 1 heterocycles. The van der Waals surface area contributed by atoms with Gasteiger partial charge in [0.1, 0.15) is 16.6 Å². The summed E-state index contributed by atoms with van der Waals surface area (Å²) in [5.74, 6) is -0.900. The molecule has 6 heteroatoms. The number of nitrogens with two attached hydrogens (primary N) is 1. The molecule has 1 atom stereocenters. The van der Waals surface area contributed by atoms with Gasteiger partial charge in [-0.15, -0.1) is 0 Å². The smallest absolute Gasteiger partial charge is 0.257 e. The molecule has 21 heavy (non-hydrogen) atoms. The molecule has 0 spiro atoms.